The molecule has 0 rings (SSSR count). The fraction of sp³-hybridized carbons (Fsp3) is 0.417. The van der Waals surface area contributed by atoms with E-state index in [2.05, 4.69) is 24.1 Å². The smallest absolute Gasteiger partial charge is 0.756 e. The van der Waals surface area contributed by atoms with Crippen molar-refractivity contribution in [1.82, 2.24) is 0 Å². The van der Waals surface area contributed by atoms with E-state index in [0.29, 0.717) is 12.4 Å². The van der Waals surface area contributed by atoms with Crippen molar-refractivity contribution in [2.24, 2.45) is 0 Å². The Kier molecular flexibility index (Phi) is 9.41. The van der Waals surface area contributed by atoms with Gasteiger partial charge in [-0.05, 0) is 13.8 Å². The standard InChI is InChI=1S/C6H10O3.2C3H4O.Al/c1-3-9-6(8)4-5(2)7;2*1-2-3-4;/h4,7H,3H2,1-2H3;2*4H,1H3;/q;;;+2/p-3/b5-4-;;;. The molecule has 0 bridgehead atoms. The first kappa shape index (κ1) is 16.3. The number of rotatable bonds is 6. The molecule has 0 aromatic heterocycles. The number of allylic oxidation sites excluding steroid dienone is 1. The number of esters is 1. The first-order chi connectivity index (χ1) is 8.63. The minimum atomic E-state index is -2.53. The Balaban J connectivity index is 4.46. The second kappa shape index (κ2) is 10.4. The van der Waals surface area contributed by atoms with Gasteiger partial charge in [-0.25, -0.2) is 4.79 Å². The monoisotopic (exact) mass is 266 g/mol. The quantitative estimate of drug-likeness (QED) is 0.239. The van der Waals surface area contributed by atoms with Crippen LogP contribution in [0.15, 0.2) is 11.8 Å². The second-order valence-electron chi connectivity index (χ2n) is 2.85. The van der Waals surface area contributed by atoms with E-state index >= 15 is 0 Å². The van der Waals surface area contributed by atoms with Crippen LogP contribution in [0.4, 0.5) is 0 Å². The lowest BCUT2D eigenvalue weighted by molar-refractivity contribution is -0.137. The van der Waals surface area contributed by atoms with E-state index in [9.17, 15) is 4.79 Å². The molecule has 0 N–H and O–H groups in total. The van der Waals surface area contributed by atoms with Crippen molar-refractivity contribution in [2.75, 3.05) is 6.61 Å². The zero-order valence-electron chi connectivity index (χ0n) is 10.9. The van der Waals surface area contributed by atoms with E-state index in [1.165, 1.54) is 6.08 Å². The maximum atomic E-state index is 11.2. The summed E-state index contributed by atoms with van der Waals surface area (Å²) in [5.74, 6) is 4.96. The minimum absolute atomic E-state index is 0.305. The van der Waals surface area contributed by atoms with Gasteiger partial charge in [-0.1, -0.05) is 11.8 Å². The molecule has 0 amide bonds. The minimum Gasteiger partial charge on any atom is -0.756 e. The van der Waals surface area contributed by atoms with Crippen molar-refractivity contribution < 1.29 is 20.9 Å². The van der Waals surface area contributed by atoms with Gasteiger partial charge < -0.3 is 16.1 Å². The van der Waals surface area contributed by atoms with Crippen LogP contribution in [0.2, 0.25) is 0 Å². The summed E-state index contributed by atoms with van der Waals surface area (Å²) in [4.78, 5) is 11.2. The lowest BCUT2D eigenvalue weighted by atomic mass is 10.5. The van der Waals surface area contributed by atoms with E-state index in [1.807, 2.05) is 0 Å². The lowest BCUT2D eigenvalue weighted by Crippen LogP contribution is -2.23. The molecule has 18 heavy (non-hydrogen) atoms. The van der Waals surface area contributed by atoms with Crippen LogP contribution in [0.3, 0.4) is 0 Å². The molecule has 0 spiro atoms. The van der Waals surface area contributed by atoms with Gasteiger partial charge in [0.05, 0.1) is 12.7 Å². The normalized spacial score (nSPS) is 9.50. The number of carbonyl (C=O) groups excluding carboxylic acids is 1. The van der Waals surface area contributed by atoms with Gasteiger partial charge in [-0.15, -0.1) is 0 Å². The van der Waals surface area contributed by atoms with Crippen molar-refractivity contribution in [1.29, 1.82) is 0 Å². The van der Waals surface area contributed by atoms with E-state index in [0.717, 1.165) is 0 Å². The zero-order valence-corrected chi connectivity index (χ0v) is 12.1. The molecule has 0 saturated heterocycles. The Hall–Kier alpha value is -1.74. The molecule has 0 aliphatic carbocycles. The Labute approximate surface area is 112 Å². The topological polar surface area (TPSA) is 54.0 Å². The summed E-state index contributed by atoms with van der Waals surface area (Å²) < 4.78 is 20.1. The predicted octanol–water partition coefficient (Wildman–Crippen LogP) is 1.45. The van der Waals surface area contributed by atoms with Crippen LogP contribution in [0.1, 0.15) is 27.7 Å². The third-order valence-corrected chi connectivity index (χ3v) is 2.59. The van der Waals surface area contributed by atoms with Crippen molar-refractivity contribution in [2.45, 2.75) is 27.7 Å². The van der Waals surface area contributed by atoms with Crippen molar-refractivity contribution in [3.8, 4) is 24.1 Å². The molecule has 0 aromatic rings. The third-order valence-electron chi connectivity index (χ3n) is 1.40. The van der Waals surface area contributed by atoms with Crippen LogP contribution in [0.25, 0.3) is 0 Å². The molecular weight excluding hydrogens is 251 g/mol. The molecule has 0 saturated carbocycles. The SMILES string of the molecule is CC#C[O][Al-]([O]C#CC)[O]/C(C)=C\C(=O)OCC. The molecular formula is C12H15AlO5-. The van der Waals surface area contributed by atoms with E-state index in [-0.39, 0.29) is 0 Å². The Morgan fingerprint density at radius 2 is 1.78 bits per heavy atom. The lowest BCUT2D eigenvalue weighted by Gasteiger charge is -2.24. The van der Waals surface area contributed by atoms with Crippen molar-refractivity contribution >= 4 is 21.1 Å². The number of hydrogen-bond acceptors (Lipinski definition) is 5. The van der Waals surface area contributed by atoms with Gasteiger partial charge in [0.25, 0.3) is 0 Å². The van der Waals surface area contributed by atoms with Crippen LogP contribution >= 0.6 is 0 Å². The highest BCUT2D eigenvalue weighted by atomic mass is 27.3. The summed E-state index contributed by atoms with van der Waals surface area (Å²) in [5.41, 5.74) is 0. The van der Waals surface area contributed by atoms with Gasteiger partial charge in [0.1, 0.15) is 0 Å². The van der Waals surface area contributed by atoms with Crippen molar-refractivity contribution in [3.63, 3.8) is 0 Å². The van der Waals surface area contributed by atoms with Crippen LogP contribution in [-0.2, 0) is 20.9 Å². The molecule has 97 valence electrons. The zero-order chi connectivity index (χ0) is 13.8. The molecule has 0 fully saturated rings. The summed E-state index contributed by atoms with van der Waals surface area (Å²) in [5, 5.41) is 0. The van der Waals surface area contributed by atoms with Crippen LogP contribution in [-0.4, -0.2) is 27.7 Å². The van der Waals surface area contributed by atoms with Gasteiger partial charge in [-0.3, -0.25) is 0 Å². The van der Waals surface area contributed by atoms with Crippen LogP contribution in [0.5, 0.6) is 0 Å². The van der Waals surface area contributed by atoms with Gasteiger partial charge in [0, 0.05) is 31.8 Å². The molecule has 0 heterocycles. The molecule has 0 aliphatic rings. The van der Waals surface area contributed by atoms with E-state index < -0.39 is 21.1 Å². The molecule has 5 nitrogen and oxygen atoms in total. The van der Waals surface area contributed by atoms with Gasteiger partial charge in [-0.2, -0.15) is 0 Å². The molecule has 0 unspecified atom stereocenters. The second-order valence-corrected chi connectivity index (χ2v) is 4.14. The number of carbonyl (C=O) groups is 1. The highest BCUT2D eigenvalue weighted by molar-refractivity contribution is 6.37. The highest BCUT2D eigenvalue weighted by Gasteiger charge is 2.18. The first-order valence-corrected chi connectivity index (χ1v) is 6.72. The fourth-order valence-electron chi connectivity index (χ4n) is 0.822. The first-order valence-electron chi connectivity index (χ1n) is 5.30. The number of hydrogen-bond donors (Lipinski definition) is 0. The maximum absolute atomic E-state index is 11.2. The third kappa shape index (κ3) is 8.42. The van der Waals surface area contributed by atoms with Gasteiger partial charge >= 0.3 is 21.1 Å². The Morgan fingerprint density at radius 1 is 1.22 bits per heavy atom. The Morgan fingerprint density at radius 3 is 2.22 bits per heavy atom. The van der Waals surface area contributed by atoms with Crippen molar-refractivity contribution in [3.05, 3.63) is 11.8 Å². The summed E-state index contributed by atoms with van der Waals surface area (Å²) in [6.45, 7) is 6.87. The summed E-state index contributed by atoms with van der Waals surface area (Å²) in [6, 6.07) is 0. The molecule has 0 aromatic carbocycles. The van der Waals surface area contributed by atoms with E-state index in [1.54, 1.807) is 27.7 Å². The van der Waals surface area contributed by atoms with E-state index in [4.69, 9.17) is 16.1 Å². The average molecular weight is 266 g/mol. The summed E-state index contributed by atoms with van der Waals surface area (Å²) >= 11 is -2.53. The van der Waals surface area contributed by atoms with Crippen LogP contribution < -0.4 is 0 Å². The largest absolute Gasteiger partial charge is 0.863 e. The Bertz CT molecular complexity index is 386. The molecule has 6 heteroatoms. The molecule has 0 aliphatic heterocycles. The molecule has 1 radical (unpaired) electrons. The number of ether oxygens (including phenoxy) is 1. The summed E-state index contributed by atoms with van der Waals surface area (Å²) in [7, 11) is 0. The highest BCUT2D eigenvalue weighted by Crippen LogP contribution is 2.02. The average Bonchev–Trinajstić information content (AvgIpc) is 2.32. The van der Waals surface area contributed by atoms with Crippen LogP contribution in [0, 0.1) is 24.1 Å². The summed E-state index contributed by atoms with van der Waals surface area (Å²) in [6.07, 6.45) is 6.00. The van der Waals surface area contributed by atoms with Gasteiger partial charge in [0.15, 0.2) is 0 Å². The molecule has 0 atom stereocenters. The van der Waals surface area contributed by atoms with Gasteiger partial charge in [0.2, 0.25) is 0 Å². The predicted molar refractivity (Wildman–Crippen MR) is 66.3 cm³/mol. The fourth-order valence-corrected chi connectivity index (χ4v) is 1.77. The maximum Gasteiger partial charge on any atom is 0.863 e.